The molecular weight excluding hydrogens is 174 g/mol. The second kappa shape index (κ2) is 4.91. The molecular formula is C8H13NS2. The predicted octanol–water partition coefficient (Wildman–Crippen LogP) is 2.76. The molecule has 0 aromatic heterocycles. The zero-order chi connectivity index (χ0) is 8.10. The Morgan fingerprint density at radius 3 is 3.09 bits per heavy atom. The summed E-state index contributed by atoms with van der Waals surface area (Å²) in [6.45, 7) is 2.21. The zero-order valence-corrected chi connectivity index (χ0v) is 8.38. The van der Waals surface area contributed by atoms with Gasteiger partial charge in [0.1, 0.15) is 0 Å². The summed E-state index contributed by atoms with van der Waals surface area (Å²) < 4.78 is 0. The van der Waals surface area contributed by atoms with Gasteiger partial charge in [-0.05, 0) is 37.2 Å². The minimum absolute atomic E-state index is 0.483. The van der Waals surface area contributed by atoms with Crippen LogP contribution in [-0.2, 0) is 0 Å². The molecule has 1 saturated carbocycles. The monoisotopic (exact) mass is 187 g/mol. The first-order chi connectivity index (χ1) is 5.36. The van der Waals surface area contributed by atoms with Gasteiger partial charge in [-0.2, -0.15) is 11.8 Å². The molecule has 0 spiro atoms. The highest BCUT2D eigenvalue weighted by Crippen LogP contribution is 2.31. The number of isothiocyanates is 1. The third-order valence-corrected chi connectivity index (χ3v) is 3.33. The molecule has 0 aliphatic heterocycles. The van der Waals surface area contributed by atoms with Crippen LogP contribution < -0.4 is 0 Å². The maximum atomic E-state index is 4.57. The van der Waals surface area contributed by atoms with Crippen LogP contribution in [0.3, 0.4) is 0 Å². The molecule has 0 radical (unpaired) electrons. The van der Waals surface area contributed by atoms with Crippen LogP contribution in [0.5, 0.6) is 0 Å². The van der Waals surface area contributed by atoms with Gasteiger partial charge in [0.2, 0.25) is 0 Å². The second-order valence-electron chi connectivity index (χ2n) is 2.76. The Labute approximate surface area is 77.7 Å². The summed E-state index contributed by atoms with van der Waals surface area (Å²) in [5.41, 5.74) is 0. The predicted molar refractivity (Wildman–Crippen MR) is 54.6 cm³/mol. The van der Waals surface area contributed by atoms with E-state index in [1.807, 2.05) is 11.8 Å². The molecule has 0 bridgehead atoms. The largest absolute Gasteiger partial charge is 0.229 e. The highest BCUT2D eigenvalue weighted by atomic mass is 32.2. The summed E-state index contributed by atoms with van der Waals surface area (Å²) in [5, 5.41) is 3.30. The van der Waals surface area contributed by atoms with Gasteiger partial charge in [-0.25, -0.2) is 4.99 Å². The minimum atomic E-state index is 0.483. The summed E-state index contributed by atoms with van der Waals surface area (Å²) in [5.74, 6) is 1.22. The summed E-state index contributed by atoms with van der Waals surface area (Å²) in [6, 6.07) is 0.483. The van der Waals surface area contributed by atoms with Gasteiger partial charge in [0, 0.05) is 5.25 Å². The molecule has 1 fully saturated rings. The summed E-state index contributed by atoms with van der Waals surface area (Å²) >= 11 is 6.62. The molecule has 62 valence electrons. The number of nitrogens with zero attached hydrogens (tertiary/aromatic N) is 1. The van der Waals surface area contributed by atoms with Crippen LogP contribution >= 0.6 is 24.0 Å². The molecule has 1 aliphatic carbocycles. The lowest BCUT2D eigenvalue weighted by Crippen LogP contribution is -1.99. The van der Waals surface area contributed by atoms with Crippen molar-refractivity contribution in [2.45, 2.75) is 37.5 Å². The molecule has 2 atom stereocenters. The molecule has 1 nitrogen and oxygen atoms in total. The molecule has 1 aliphatic rings. The zero-order valence-electron chi connectivity index (χ0n) is 6.75. The van der Waals surface area contributed by atoms with Crippen LogP contribution in [-0.4, -0.2) is 22.2 Å². The number of rotatable bonds is 3. The van der Waals surface area contributed by atoms with Gasteiger partial charge in [0.25, 0.3) is 0 Å². The summed E-state index contributed by atoms with van der Waals surface area (Å²) in [7, 11) is 0. The normalized spacial score (nSPS) is 29.9. The Bertz CT molecular complexity index is 163. The van der Waals surface area contributed by atoms with Crippen molar-refractivity contribution in [3.05, 3.63) is 0 Å². The van der Waals surface area contributed by atoms with Crippen molar-refractivity contribution in [3.8, 4) is 0 Å². The van der Waals surface area contributed by atoms with Crippen molar-refractivity contribution in [1.82, 2.24) is 0 Å². The van der Waals surface area contributed by atoms with Crippen LogP contribution in [0.4, 0.5) is 0 Å². The van der Waals surface area contributed by atoms with E-state index in [1.54, 1.807) is 0 Å². The fraction of sp³-hybridized carbons (Fsp3) is 0.875. The number of hydrogen-bond donors (Lipinski definition) is 0. The lowest BCUT2D eigenvalue weighted by molar-refractivity contribution is 0.713. The highest BCUT2D eigenvalue weighted by Gasteiger charge is 2.23. The van der Waals surface area contributed by atoms with Crippen LogP contribution in [0.1, 0.15) is 26.2 Å². The summed E-state index contributed by atoms with van der Waals surface area (Å²) in [6.07, 6.45) is 3.73. The highest BCUT2D eigenvalue weighted by molar-refractivity contribution is 7.99. The van der Waals surface area contributed by atoms with Gasteiger partial charge < -0.3 is 0 Å². The molecule has 0 amide bonds. The van der Waals surface area contributed by atoms with E-state index in [9.17, 15) is 0 Å². The van der Waals surface area contributed by atoms with Gasteiger partial charge in [-0.15, -0.1) is 0 Å². The van der Waals surface area contributed by atoms with Crippen molar-refractivity contribution in [2.75, 3.05) is 5.75 Å². The summed E-state index contributed by atoms with van der Waals surface area (Å²) in [4.78, 5) is 4.11. The first-order valence-electron chi connectivity index (χ1n) is 4.05. The Kier molecular flexibility index (Phi) is 4.13. The first-order valence-corrected chi connectivity index (χ1v) is 5.51. The number of hydrogen-bond acceptors (Lipinski definition) is 3. The van der Waals surface area contributed by atoms with E-state index in [-0.39, 0.29) is 0 Å². The van der Waals surface area contributed by atoms with Gasteiger partial charge in [-0.3, -0.25) is 0 Å². The van der Waals surface area contributed by atoms with E-state index >= 15 is 0 Å². The van der Waals surface area contributed by atoms with E-state index in [0.29, 0.717) is 6.04 Å². The Hall–Kier alpha value is 0.150. The lowest BCUT2D eigenvalue weighted by atomic mass is 10.3. The molecule has 1 rings (SSSR count). The molecule has 11 heavy (non-hydrogen) atoms. The number of aliphatic imine (C=N–C) groups is 1. The van der Waals surface area contributed by atoms with Crippen LogP contribution in [0, 0.1) is 0 Å². The Morgan fingerprint density at radius 2 is 2.45 bits per heavy atom. The van der Waals surface area contributed by atoms with Gasteiger partial charge in [0.15, 0.2) is 0 Å². The number of thiocarbonyl (C=S) groups is 1. The topological polar surface area (TPSA) is 12.4 Å². The maximum absolute atomic E-state index is 4.57. The fourth-order valence-electron chi connectivity index (χ4n) is 1.50. The van der Waals surface area contributed by atoms with Crippen molar-refractivity contribution >= 4 is 29.1 Å². The SMILES string of the molecule is CCSC1CCC(N=C=S)C1. The van der Waals surface area contributed by atoms with Crippen molar-refractivity contribution in [1.29, 1.82) is 0 Å². The van der Waals surface area contributed by atoms with E-state index < -0.39 is 0 Å². The lowest BCUT2D eigenvalue weighted by Gasteiger charge is -2.04. The quantitative estimate of drug-likeness (QED) is 0.497. The van der Waals surface area contributed by atoms with E-state index in [2.05, 4.69) is 29.3 Å². The third kappa shape index (κ3) is 2.94. The molecule has 2 unspecified atom stereocenters. The van der Waals surface area contributed by atoms with Gasteiger partial charge >= 0.3 is 0 Å². The average Bonchev–Trinajstić information content (AvgIpc) is 2.38. The van der Waals surface area contributed by atoms with Crippen LogP contribution in [0.25, 0.3) is 0 Å². The molecule has 0 saturated heterocycles. The first kappa shape index (κ1) is 9.24. The number of thioether (sulfide) groups is 1. The van der Waals surface area contributed by atoms with Crippen molar-refractivity contribution in [2.24, 2.45) is 4.99 Å². The third-order valence-electron chi connectivity index (χ3n) is 1.99. The van der Waals surface area contributed by atoms with Crippen molar-refractivity contribution < 1.29 is 0 Å². The average molecular weight is 187 g/mol. The Morgan fingerprint density at radius 1 is 1.64 bits per heavy atom. The molecule has 0 N–H and O–H groups in total. The van der Waals surface area contributed by atoms with Crippen LogP contribution in [0.15, 0.2) is 4.99 Å². The second-order valence-corrected chi connectivity index (χ2v) is 4.52. The van der Waals surface area contributed by atoms with E-state index in [4.69, 9.17) is 0 Å². The van der Waals surface area contributed by atoms with Gasteiger partial charge in [-0.1, -0.05) is 6.92 Å². The maximum Gasteiger partial charge on any atom is 0.0613 e. The van der Waals surface area contributed by atoms with Crippen LogP contribution in [0.2, 0.25) is 0 Å². The molecule has 0 heterocycles. The van der Waals surface area contributed by atoms with E-state index in [1.165, 1.54) is 25.0 Å². The minimum Gasteiger partial charge on any atom is -0.229 e. The van der Waals surface area contributed by atoms with E-state index in [0.717, 1.165) is 5.25 Å². The van der Waals surface area contributed by atoms with Gasteiger partial charge in [0.05, 0.1) is 11.2 Å². The Balaban J connectivity index is 2.28. The van der Waals surface area contributed by atoms with Crippen molar-refractivity contribution in [3.63, 3.8) is 0 Å². The molecule has 3 heteroatoms. The molecule has 0 aromatic carbocycles. The fourth-order valence-corrected chi connectivity index (χ4v) is 2.78. The smallest absolute Gasteiger partial charge is 0.0613 e. The standard InChI is InChI=1S/C8H13NS2/c1-2-11-8-4-3-7(5-8)9-6-10/h7-8H,2-5H2,1H3. The molecule has 0 aromatic rings.